The molecular formula is C15H19N4O2+. The summed E-state index contributed by atoms with van der Waals surface area (Å²) in [5, 5.41) is 16.7. The van der Waals surface area contributed by atoms with Gasteiger partial charge in [0, 0.05) is 12.3 Å². The highest BCUT2D eigenvalue weighted by Crippen LogP contribution is 1.95. The lowest BCUT2D eigenvalue weighted by Gasteiger charge is -2.07. The summed E-state index contributed by atoms with van der Waals surface area (Å²) >= 11 is 0. The highest BCUT2D eigenvalue weighted by molar-refractivity contribution is 5.70. The molecule has 21 heavy (non-hydrogen) atoms. The number of ether oxygens (including phenoxy) is 1. The number of nitrogens with zero attached hydrogens (tertiary/aromatic N) is 3. The summed E-state index contributed by atoms with van der Waals surface area (Å²) in [6, 6.07) is 1.81. The molecule has 0 spiro atoms. The van der Waals surface area contributed by atoms with Gasteiger partial charge in [-0.1, -0.05) is 13.2 Å². The summed E-state index contributed by atoms with van der Waals surface area (Å²) in [5.74, 6) is 0. The highest BCUT2D eigenvalue weighted by atomic mass is 16.5. The van der Waals surface area contributed by atoms with E-state index in [0.29, 0.717) is 12.2 Å². The lowest BCUT2D eigenvalue weighted by molar-refractivity contribution is -0.706. The van der Waals surface area contributed by atoms with Gasteiger partial charge in [-0.2, -0.15) is 0 Å². The molecule has 1 rings (SSSR count). The largest absolute Gasteiger partial charge is 0.480 e. The van der Waals surface area contributed by atoms with Crippen molar-refractivity contribution in [2.75, 3.05) is 6.61 Å². The maximum atomic E-state index is 9.83. The zero-order valence-corrected chi connectivity index (χ0v) is 11.7. The van der Waals surface area contributed by atoms with E-state index in [9.17, 15) is 5.11 Å². The molecule has 0 fully saturated rings. The monoisotopic (exact) mass is 287 g/mol. The van der Waals surface area contributed by atoms with Crippen LogP contribution in [0.25, 0.3) is 6.08 Å². The molecular weight excluding hydrogens is 268 g/mol. The number of aliphatic hydroxyl groups excluding tert-OH is 1. The predicted octanol–water partition coefficient (Wildman–Crippen LogP) is 1.14. The van der Waals surface area contributed by atoms with E-state index in [1.54, 1.807) is 23.0 Å². The van der Waals surface area contributed by atoms with Gasteiger partial charge in [-0.05, 0) is 23.2 Å². The highest BCUT2D eigenvalue weighted by Gasteiger charge is 2.09. The Labute approximate surface area is 124 Å². The molecule has 6 nitrogen and oxygen atoms in total. The smallest absolute Gasteiger partial charge is 0.286 e. The van der Waals surface area contributed by atoms with Gasteiger partial charge in [-0.15, -0.1) is 0 Å². The molecule has 0 aliphatic carbocycles. The SMILES string of the molecule is C=C/C(=C/C=N)N=COCC(O)C[n+]1ccc(C=C)nc1. The van der Waals surface area contributed by atoms with Crippen LogP contribution in [0.15, 0.2) is 54.6 Å². The number of rotatable bonds is 9. The standard InChI is InChI=1S/C15H19N4O2/c1-3-13(5-7-16)18-12-21-10-15(20)9-19-8-6-14(4-2)17-11-19/h3-8,11-12,15-16,20H,1-2,9-10H2/q+1/b13-5-,16-7?,18-12?. The number of aromatic nitrogens is 2. The van der Waals surface area contributed by atoms with Crippen LogP contribution in [0.2, 0.25) is 0 Å². The Morgan fingerprint density at radius 2 is 2.38 bits per heavy atom. The summed E-state index contributed by atoms with van der Waals surface area (Å²) in [6.07, 6.45) is 9.72. The van der Waals surface area contributed by atoms with Gasteiger partial charge >= 0.3 is 0 Å². The number of allylic oxidation sites excluding steroid dienone is 2. The van der Waals surface area contributed by atoms with E-state index in [1.807, 2.05) is 6.20 Å². The Hall–Kier alpha value is -2.60. The Balaban J connectivity index is 2.39. The van der Waals surface area contributed by atoms with Crippen molar-refractivity contribution in [1.82, 2.24) is 4.98 Å². The summed E-state index contributed by atoms with van der Waals surface area (Å²) in [5.41, 5.74) is 1.29. The van der Waals surface area contributed by atoms with Crippen LogP contribution in [0.5, 0.6) is 0 Å². The molecule has 110 valence electrons. The topological polar surface area (TPSA) is 82.4 Å². The van der Waals surface area contributed by atoms with E-state index in [2.05, 4.69) is 23.1 Å². The van der Waals surface area contributed by atoms with Gasteiger partial charge in [0.15, 0.2) is 12.1 Å². The van der Waals surface area contributed by atoms with Crippen LogP contribution in [0.4, 0.5) is 0 Å². The summed E-state index contributed by atoms with van der Waals surface area (Å²) in [7, 11) is 0. The summed E-state index contributed by atoms with van der Waals surface area (Å²) < 4.78 is 6.89. The molecule has 1 aromatic rings. The maximum Gasteiger partial charge on any atom is 0.286 e. The van der Waals surface area contributed by atoms with Crippen LogP contribution in [0.1, 0.15) is 5.69 Å². The fraction of sp³-hybridized carbons (Fsp3) is 0.200. The first kappa shape index (κ1) is 16.5. The van der Waals surface area contributed by atoms with Gasteiger partial charge in [0.1, 0.15) is 19.3 Å². The Morgan fingerprint density at radius 1 is 1.57 bits per heavy atom. The van der Waals surface area contributed by atoms with Crippen molar-refractivity contribution in [2.45, 2.75) is 12.6 Å². The zero-order valence-electron chi connectivity index (χ0n) is 11.7. The van der Waals surface area contributed by atoms with E-state index in [4.69, 9.17) is 10.1 Å². The lowest BCUT2D eigenvalue weighted by atomic mass is 10.3. The third kappa shape index (κ3) is 6.40. The first-order chi connectivity index (χ1) is 10.2. The minimum absolute atomic E-state index is 0.106. The van der Waals surface area contributed by atoms with Gasteiger partial charge in [0.05, 0.1) is 11.9 Å². The van der Waals surface area contributed by atoms with Gasteiger partial charge in [-0.3, -0.25) is 0 Å². The van der Waals surface area contributed by atoms with E-state index < -0.39 is 6.10 Å². The van der Waals surface area contributed by atoms with Crippen LogP contribution in [-0.4, -0.2) is 35.4 Å². The van der Waals surface area contributed by atoms with Crippen molar-refractivity contribution in [2.24, 2.45) is 4.99 Å². The van der Waals surface area contributed by atoms with E-state index in [0.717, 1.165) is 11.9 Å². The molecule has 0 aliphatic heterocycles. The molecule has 0 aliphatic rings. The van der Waals surface area contributed by atoms with Crippen molar-refractivity contribution in [1.29, 1.82) is 5.41 Å². The van der Waals surface area contributed by atoms with Crippen LogP contribution in [-0.2, 0) is 11.3 Å². The molecule has 1 unspecified atom stereocenters. The molecule has 1 heterocycles. The second-order valence-corrected chi connectivity index (χ2v) is 4.07. The quantitative estimate of drug-likeness (QED) is 0.309. The fourth-order valence-electron chi connectivity index (χ4n) is 1.42. The third-order valence-electron chi connectivity index (χ3n) is 2.45. The Bertz CT molecular complexity index is 535. The van der Waals surface area contributed by atoms with Gasteiger partial charge in [-0.25, -0.2) is 9.56 Å². The molecule has 0 aromatic carbocycles. The van der Waals surface area contributed by atoms with Crippen molar-refractivity contribution in [3.8, 4) is 0 Å². The number of hydrogen-bond donors (Lipinski definition) is 2. The van der Waals surface area contributed by atoms with Gasteiger partial charge in [0.2, 0.25) is 0 Å². The molecule has 0 amide bonds. The maximum absolute atomic E-state index is 9.83. The van der Waals surface area contributed by atoms with E-state index in [1.165, 1.54) is 18.6 Å². The first-order valence-electron chi connectivity index (χ1n) is 6.32. The average molecular weight is 287 g/mol. The molecule has 0 radical (unpaired) electrons. The second-order valence-electron chi connectivity index (χ2n) is 4.07. The molecule has 6 heteroatoms. The lowest BCUT2D eigenvalue weighted by Crippen LogP contribution is -2.41. The number of aliphatic hydroxyl groups is 1. The summed E-state index contributed by atoms with van der Waals surface area (Å²) in [4.78, 5) is 8.07. The minimum atomic E-state index is -0.684. The van der Waals surface area contributed by atoms with Crippen molar-refractivity contribution >= 4 is 18.7 Å². The van der Waals surface area contributed by atoms with Crippen LogP contribution < -0.4 is 4.57 Å². The van der Waals surface area contributed by atoms with Gasteiger partial charge < -0.3 is 15.3 Å². The molecule has 0 saturated heterocycles. The van der Waals surface area contributed by atoms with Crippen LogP contribution >= 0.6 is 0 Å². The summed E-state index contributed by atoms with van der Waals surface area (Å²) in [6.45, 7) is 7.65. The van der Waals surface area contributed by atoms with Gasteiger partial charge in [0.25, 0.3) is 6.33 Å². The first-order valence-corrected chi connectivity index (χ1v) is 6.32. The predicted molar refractivity (Wildman–Crippen MR) is 82.0 cm³/mol. The molecule has 0 bridgehead atoms. The number of hydrogen-bond acceptors (Lipinski definition) is 5. The number of aliphatic imine (C=N–C) groups is 1. The molecule has 1 aromatic heterocycles. The van der Waals surface area contributed by atoms with Crippen LogP contribution in [0.3, 0.4) is 0 Å². The molecule has 2 N–H and O–H groups in total. The van der Waals surface area contributed by atoms with Crippen molar-refractivity contribution in [3.63, 3.8) is 0 Å². The van der Waals surface area contributed by atoms with E-state index in [-0.39, 0.29) is 6.61 Å². The minimum Gasteiger partial charge on any atom is -0.480 e. The fourth-order valence-corrected chi connectivity index (χ4v) is 1.42. The van der Waals surface area contributed by atoms with Crippen molar-refractivity contribution in [3.05, 3.63) is 55.3 Å². The number of nitrogens with one attached hydrogen (secondary N) is 1. The second kappa shape index (κ2) is 9.33. The molecule has 0 saturated carbocycles. The van der Waals surface area contributed by atoms with Crippen LogP contribution in [0, 0.1) is 5.41 Å². The average Bonchev–Trinajstić information content (AvgIpc) is 2.51. The van der Waals surface area contributed by atoms with E-state index >= 15 is 0 Å². The normalized spacial score (nSPS) is 12.9. The zero-order chi connectivity index (χ0) is 15.5. The Kier molecular flexibility index (Phi) is 7.31. The Morgan fingerprint density at radius 3 is 2.95 bits per heavy atom. The molecule has 1 atom stereocenters. The third-order valence-corrected chi connectivity index (χ3v) is 2.45. The van der Waals surface area contributed by atoms with Crippen molar-refractivity contribution < 1.29 is 14.4 Å².